The van der Waals surface area contributed by atoms with Gasteiger partial charge in [0.15, 0.2) is 18.2 Å². The molecular weight excluding hydrogens is 297 g/mol. The molecule has 1 aromatic heterocycles. The summed E-state index contributed by atoms with van der Waals surface area (Å²) in [6, 6.07) is 2.96. The van der Waals surface area contributed by atoms with Gasteiger partial charge in [-0.05, 0) is 23.4 Å². The van der Waals surface area contributed by atoms with E-state index in [9.17, 15) is 26.9 Å². The van der Waals surface area contributed by atoms with E-state index in [1.165, 1.54) is 13.0 Å². The zero-order chi connectivity index (χ0) is 15.8. The summed E-state index contributed by atoms with van der Waals surface area (Å²) in [7, 11) is 0. The van der Waals surface area contributed by atoms with Gasteiger partial charge in [-0.3, -0.25) is 0 Å². The molecule has 0 radical (unpaired) electrons. The Bertz CT molecular complexity index is 693. The van der Waals surface area contributed by atoms with Crippen LogP contribution in [0.4, 0.5) is 27.6 Å². The Kier molecular flexibility index (Phi) is 3.75. The lowest BCUT2D eigenvalue weighted by atomic mass is 10.2. The molecule has 1 aromatic carbocycles. The summed E-state index contributed by atoms with van der Waals surface area (Å²) in [6.45, 7) is 1.07. The Morgan fingerprint density at radius 2 is 1.90 bits per heavy atom. The van der Waals surface area contributed by atoms with E-state index in [2.05, 4.69) is 5.18 Å². The van der Waals surface area contributed by atoms with Gasteiger partial charge in [0, 0.05) is 12.5 Å². The quantitative estimate of drug-likeness (QED) is 0.527. The first-order valence-corrected chi connectivity index (χ1v) is 5.71. The number of halogens is 5. The van der Waals surface area contributed by atoms with Crippen molar-refractivity contribution in [1.29, 1.82) is 0 Å². The van der Waals surface area contributed by atoms with Crippen molar-refractivity contribution >= 4 is 5.69 Å². The van der Waals surface area contributed by atoms with Crippen LogP contribution in [0.25, 0.3) is 0 Å². The normalized spacial score (nSPS) is 11.7. The van der Waals surface area contributed by atoms with Crippen LogP contribution in [-0.2, 0) is 12.7 Å². The zero-order valence-electron chi connectivity index (χ0n) is 10.6. The van der Waals surface area contributed by atoms with Crippen molar-refractivity contribution in [1.82, 2.24) is 5.10 Å². The van der Waals surface area contributed by atoms with E-state index in [0.717, 1.165) is 16.8 Å². The fourth-order valence-electron chi connectivity index (χ4n) is 1.87. The Hall–Kier alpha value is -2.32. The van der Waals surface area contributed by atoms with Gasteiger partial charge < -0.3 is 0 Å². The number of nitroso groups, excluding NO2 is 1. The van der Waals surface area contributed by atoms with Crippen LogP contribution in [0.15, 0.2) is 23.4 Å². The highest BCUT2D eigenvalue weighted by atomic mass is 19.4. The Morgan fingerprint density at radius 3 is 2.38 bits per heavy atom. The van der Waals surface area contributed by atoms with Crippen LogP contribution >= 0.6 is 0 Å². The lowest BCUT2D eigenvalue weighted by Crippen LogP contribution is -2.39. The monoisotopic (exact) mass is 306 g/mol. The zero-order valence-corrected chi connectivity index (χ0v) is 10.6. The first-order chi connectivity index (χ1) is 9.74. The van der Waals surface area contributed by atoms with Gasteiger partial charge in [0.2, 0.25) is 17.1 Å². The molecule has 0 aliphatic carbocycles. The number of hydrogen-bond acceptors (Lipinski definition) is 2. The summed E-state index contributed by atoms with van der Waals surface area (Å²) in [5.74, 6) is -2.17. The number of aromatic nitrogens is 2. The molecule has 0 bridgehead atoms. The topological polar surface area (TPSA) is 49.1 Å². The summed E-state index contributed by atoms with van der Waals surface area (Å²) < 4.78 is 65.1. The maximum absolute atomic E-state index is 13.1. The second-order valence-electron chi connectivity index (χ2n) is 4.34. The number of H-pyrrole nitrogens is 1. The average molecular weight is 306 g/mol. The molecule has 0 unspecified atom stereocenters. The molecule has 1 heterocycles. The predicted octanol–water partition coefficient (Wildman–Crippen LogP) is 3.35. The fourth-order valence-corrected chi connectivity index (χ4v) is 1.87. The van der Waals surface area contributed by atoms with Gasteiger partial charge in [-0.25, -0.2) is 8.78 Å². The van der Waals surface area contributed by atoms with Crippen molar-refractivity contribution in [2.24, 2.45) is 5.18 Å². The van der Waals surface area contributed by atoms with Gasteiger partial charge in [0.1, 0.15) is 0 Å². The lowest BCUT2D eigenvalue weighted by Gasteiger charge is -2.00. The fraction of sp³-hybridized carbons (Fsp3) is 0.250. The van der Waals surface area contributed by atoms with Gasteiger partial charge in [-0.1, -0.05) is 0 Å². The van der Waals surface area contributed by atoms with E-state index in [-0.39, 0.29) is 17.8 Å². The van der Waals surface area contributed by atoms with Crippen LogP contribution in [0.1, 0.15) is 17.0 Å². The molecule has 2 aromatic rings. The largest absolute Gasteiger partial charge is 0.439 e. The Labute approximate surface area is 115 Å². The highest BCUT2D eigenvalue weighted by Crippen LogP contribution is 2.35. The molecule has 0 aliphatic heterocycles. The minimum atomic E-state index is -4.77. The molecular formula is C12H9F5N3O+. The maximum atomic E-state index is 13.1. The van der Waals surface area contributed by atoms with Gasteiger partial charge in [-0.2, -0.15) is 18.3 Å². The number of rotatable bonds is 3. The van der Waals surface area contributed by atoms with Crippen LogP contribution in [0.2, 0.25) is 0 Å². The van der Waals surface area contributed by atoms with E-state index >= 15 is 0 Å². The number of hydrogen-bond donors (Lipinski definition) is 1. The lowest BCUT2D eigenvalue weighted by molar-refractivity contribution is -0.748. The molecule has 1 N–H and O–H groups in total. The Morgan fingerprint density at radius 1 is 1.24 bits per heavy atom. The molecule has 2 rings (SSSR count). The van der Waals surface area contributed by atoms with Crippen molar-refractivity contribution in [3.63, 3.8) is 0 Å². The minimum Gasteiger partial charge on any atom is -0.204 e. The summed E-state index contributed by atoms with van der Waals surface area (Å²) in [5, 5.41) is 4.38. The summed E-state index contributed by atoms with van der Waals surface area (Å²) >= 11 is 0. The molecule has 4 nitrogen and oxygen atoms in total. The standard InChI is InChI=1S/C12H8F5N3O/c1-6-10(19-21)11(12(15,16)17)18-20(6)5-7-2-3-8(13)9(14)4-7/h2-4H,5H2,1H3/p+1. The van der Waals surface area contributed by atoms with Crippen molar-refractivity contribution in [3.05, 3.63) is 51.7 Å². The third kappa shape index (κ3) is 2.91. The van der Waals surface area contributed by atoms with Gasteiger partial charge in [0.05, 0.1) is 0 Å². The SMILES string of the molecule is Cc1c(N=O)c(C(F)(F)F)[nH][n+]1Cc1ccc(F)c(F)c1. The van der Waals surface area contributed by atoms with E-state index in [1.807, 2.05) is 5.10 Å². The van der Waals surface area contributed by atoms with E-state index in [1.54, 1.807) is 0 Å². The highest BCUT2D eigenvalue weighted by molar-refractivity contribution is 5.45. The van der Waals surface area contributed by atoms with Crippen molar-refractivity contribution < 1.29 is 26.6 Å². The second-order valence-corrected chi connectivity index (χ2v) is 4.34. The van der Waals surface area contributed by atoms with E-state index < -0.39 is 29.2 Å². The number of benzene rings is 1. The van der Waals surface area contributed by atoms with Crippen molar-refractivity contribution in [2.45, 2.75) is 19.6 Å². The van der Waals surface area contributed by atoms with Crippen LogP contribution in [0.3, 0.4) is 0 Å². The minimum absolute atomic E-state index is 0.0536. The number of nitrogens with zero attached hydrogens (tertiary/aromatic N) is 2. The molecule has 0 saturated carbocycles. The third-order valence-corrected chi connectivity index (χ3v) is 2.93. The summed E-state index contributed by atoms with van der Waals surface area (Å²) in [6.07, 6.45) is -4.77. The molecule has 0 atom stereocenters. The third-order valence-electron chi connectivity index (χ3n) is 2.93. The molecule has 0 aliphatic rings. The van der Waals surface area contributed by atoms with Crippen molar-refractivity contribution in [2.75, 3.05) is 0 Å². The van der Waals surface area contributed by atoms with Crippen LogP contribution < -0.4 is 4.68 Å². The predicted molar refractivity (Wildman–Crippen MR) is 61.6 cm³/mol. The Balaban J connectivity index is 2.43. The van der Waals surface area contributed by atoms with Gasteiger partial charge >= 0.3 is 6.18 Å². The molecule has 9 heteroatoms. The molecule has 0 fully saturated rings. The van der Waals surface area contributed by atoms with E-state index in [0.29, 0.717) is 0 Å². The van der Waals surface area contributed by atoms with Gasteiger partial charge in [0.25, 0.3) is 0 Å². The first kappa shape index (κ1) is 15.1. The van der Waals surface area contributed by atoms with Crippen molar-refractivity contribution in [3.8, 4) is 0 Å². The molecule has 0 amide bonds. The molecule has 21 heavy (non-hydrogen) atoms. The number of nitrogens with one attached hydrogen (secondary N) is 1. The molecule has 0 spiro atoms. The smallest absolute Gasteiger partial charge is 0.204 e. The summed E-state index contributed by atoms with van der Waals surface area (Å²) in [5.41, 5.74) is -1.86. The van der Waals surface area contributed by atoms with Gasteiger partial charge in [-0.15, -0.1) is 9.59 Å². The van der Waals surface area contributed by atoms with E-state index in [4.69, 9.17) is 0 Å². The van der Waals surface area contributed by atoms with Crippen LogP contribution in [-0.4, -0.2) is 5.10 Å². The highest BCUT2D eigenvalue weighted by Gasteiger charge is 2.42. The number of aromatic amines is 1. The second kappa shape index (κ2) is 5.23. The molecule has 112 valence electrons. The maximum Gasteiger partial charge on any atom is 0.439 e. The average Bonchev–Trinajstić information content (AvgIpc) is 2.71. The van der Waals surface area contributed by atoms with Crippen LogP contribution in [0.5, 0.6) is 0 Å². The molecule has 0 saturated heterocycles. The first-order valence-electron chi connectivity index (χ1n) is 5.71. The van der Waals surface area contributed by atoms with Crippen LogP contribution in [0, 0.1) is 23.5 Å². The summed E-state index contributed by atoms with van der Waals surface area (Å²) in [4.78, 5) is 10.6. The number of alkyl halides is 3.